The molecule has 2 atom stereocenters. The summed E-state index contributed by atoms with van der Waals surface area (Å²) in [5.74, 6) is 0.904. The molecule has 6 heteroatoms. The number of carbonyl (C=O) groups excluding carboxylic acids is 1. The highest BCUT2D eigenvalue weighted by Gasteiger charge is 2.25. The average molecular weight is 292 g/mol. The Kier molecular flexibility index (Phi) is 5.01. The molecule has 2 heterocycles. The van der Waals surface area contributed by atoms with Crippen LogP contribution in [0.1, 0.15) is 19.4 Å². The van der Waals surface area contributed by atoms with E-state index < -0.39 is 0 Å². The van der Waals surface area contributed by atoms with Gasteiger partial charge in [-0.25, -0.2) is 9.78 Å². The van der Waals surface area contributed by atoms with Gasteiger partial charge in [-0.15, -0.1) is 0 Å². The van der Waals surface area contributed by atoms with Crippen LogP contribution in [0.2, 0.25) is 0 Å². The van der Waals surface area contributed by atoms with E-state index in [1.807, 2.05) is 45.0 Å². The molecule has 1 aromatic heterocycles. The lowest BCUT2D eigenvalue weighted by Crippen LogP contribution is -2.51. The zero-order valence-corrected chi connectivity index (χ0v) is 13.2. The monoisotopic (exact) mass is 292 g/mol. The Balaban J connectivity index is 1.86. The molecule has 0 saturated carbocycles. The van der Waals surface area contributed by atoms with Crippen LogP contribution in [0.25, 0.3) is 0 Å². The van der Waals surface area contributed by atoms with Crippen molar-refractivity contribution in [2.45, 2.75) is 32.6 Å². The molecule has 1 aliphatic heterocycles. The predicted octanol–water partition coefficient (Wildman–Crippen LogP) is 1.47. The predicted molar refractivity (Wildman–Crippen MR) is 82.4 cm³/mol. The number of aromatic nitrogens is 1. The third-order valence-corrected chi connectivity index (χ3v) is 3.42. The molecular formula is C15H24N4O2. The first-order valence-corrected chi connectivity index (χ1v) is 7.26. The zero-order valence-electron chi connectivity index (χ0n) is 13.2. The van der Waals surface area contributed by atoms with E-state index in [2.05, 4.69) is 10.3 Å². The highest BCUT2D eigenvalue weighted by molar-refractivity contribution is 5.74. The molecule has 2 rings (SSSR count). The summed E-state index contributed by atoms with van der Waals surface area (Å²) in [6, 6.07) is 3.88. The maximum absolute atomic E-state index is 12.2. The number of nitrogens with one attached hydrogen (secondary N) is 1. The summed E-state index contributed by atoms with van der Waals surface area (Å²) >= 11 is 0. The quantitative estimate of drug-likeness (QED) is 0.916. The Bertz CT molecular complexity index is 465. The molecule has 0 spiro atoms. The molecule has 2 unspecified atom stereocenters. The summed E-state index contributed by atoms with van der Waals surface area (Å²) in [6.45, 7) is 5.72. The normalized spacial score (nSPS) is 22.0. The van der Waals surface area contributed by atoms with Gasteiger partial charge in [-0.05, 0) is 25.5 Å². The Morgan fingerprint density at radius 2 is 2.05 bits per heavy atom. The summed E-state index contributed by atoms with van der Waals surface area (Å²) in [5.41, 5.74) is 0.989. The lowest BCUT2D eigenvalue weighted by atomic mass is 10.2. The lowest BCUT2D eigenvalue weighted by Gasteiger charge is -2.35. The number of hydrogen-bond donors (Lipinski definition) is 1. The van der Waals surface area contributed by atoms with Crippen LogP contribution < -0.4 is 10.2 Å². The smallest absolute Gasteiger partial charge is 0.317 e. The van der Waals surface area contributed by atoms with Crippen molar-refractivity contribution in [3.05, 3.63) is 23.9 Å². The standard InChI is InChI=1S/C15H24N4O2/c1-11-9-19(10-12(2)21-11)15(20)17-8-13-5-6-14(16-7-13)18(3)4/h5-7,11-12H,8-10H2,1-4H3,(H,17,20). The van der Waals surface area contributed by atoms with Crippen molar-refractivity contribution in [3.63, 3.8) is 0 Å². The van der Waals surface area contributed by atoms with Gasteiger partial charge in [0.15, 0.2) is 0 Å². The Morgan fingerprint density at radius 3 is 2.57 bits per heavy atom. The van der Waals surface area contributed by atoms with Gasteiger partial charge in [-0.1, -0.05) is 6.07 Å². The Hall–Kier alpha value is -1.82. The van der Waals surface area contributed by atoms with Gasteiger partial charge < -0.3 is 19.9 Å². The number of nitrogens with zero attached hydrogens (tertiary/aromatic N) is 3. The van der Waals surface area contributed by atoms with Crippen molar-refractivity contribution >= 4 is 11.8 Å². The van der Waals surface area contributed by atoms with E-state index in [0.29, 0.717) is 19.6 Å². The van der Waals surface area contributed by atoms with Gasteiger partial charge >= 0.3 is 6.03 Å². The number of carbonyl (C=O) groups is 1. The second-order valence-corrected chi connectivity index (χ2v) is 5.74. The number of rotatable bonds is 3. The summed E-state index contributed by atoms with van der Waals surface area (Å²) in [4.78, 5) is 20.3. The van der Waals surface area contributed by atoms with Crippen LogP contribution in [0.4, 0.5) is 10.6 Å². The minimum atomic E-state index is -0.0475. The summed E-state index contributed by atoms with van der Waals surface area (Å²) in [6.07, 6.45) is 1.96. The van der Waals surface area contributed by atoms with Gasteiger partial charge in [0.05, 0.1) is 12.2 Å². The van der Waals surface area contributed by atoms with Gasteiger partial charge in [0.2, 0.25) is 0 Å². The van der Waals surface area contributed by atoms with Crippen LogP contribution >= 0.6 is 0 Å². The highest BCUT2D eigenvalue weighted by atomic mass is 16.5. The van der Waals surface area contributed by atoms with E-state index in [1.165, 1.54) is 0 Å². The molecule has 1 aromatic rings. The van der Waals surface area contributed by atoms with Crippen LogP contribution in [-0.2, 0) is 11.3 Å². The van der Waals surface area contributed by atoms with Gasteiger partial charge in [-0.3, -0.25) is 0 Å². The van der Waals surface area contributed by atoms with Crippen molar-refractivity contribution in [1.29, 1.82) is 0 Å². The third-order valence-electron chi connectivity index (χ3n) is 3.42. The first-order chi connectivity index (χ1) is 9.95. The molecule has 1 saturated heterocycles. The first-order valence-electron chi connectivity index (χ1n) is 7.26. The summed E-state index contributed by atoms with van der Waals surface area (Å²) in [7, 11) is 3.90. The number of ether oxygens (including phenoxy) is 1. The van der Waals surface area contributed by atoms with Crippen LogP contribution in [0, 0.1) is 0 Å². The maximum Gasteiger partial charge on any atom is 0.317 e. The highest BCUT2D eigenvalue weighted by Crippen LogP contribution is 2.11. The van der Waals surface area contributed by atoms with Crippen molar-refractivity contribution in [2.24, 2.45) is 0 Å². The molecule has 0 radical (unpaired) electrons. The minimum Gasteiger partial charge on any atom is -0.372 e. The van der Waals surface area contributed by atoms with Gasteiger partial charge in [0.25, 0.3) is 0 Å². The molecule has 21 heavy (non-hydrogen) atoms. The van der Waals surface area contributed by atoms with Crippen LogP contribution in [0.5, 0.6) is 0 Å². The summed E-state index contributed by atoms with van der Waals surface area (Å²) in [5, 5.41) is 2.94. The molecule has 0 aromatic carbocycles. The fourth-order valence-corrected chi connectivity index (χ4v) is 2.42. The largest absolute Gasteiger partial charge is 0.372 e. The first kappa shape index (κ1) is 15.6. The van der Waals surface area contributed by atoms with Crippen molar-refractivity contribution in [2.75, 3.05) is 32.1 Å². The number of urea groups is 1. The van der Waals surface area contributed by atoms with Crippen LogP contribution in [0.3, 0.4) is 0 Å². The van der Waals surface area contributed by atoms with E-state index in [0.717, 1.165) is 11.4 Å². The van der Waals surface area contributed by atoms with Crippen molar-refractivity contribution in [3.8, 4) is 0 Å². The minimum absolute atomic E-state index is 0.0475. The van der Waals surface area contributed by atoms with E-state index in [1.54, 1.807) is 11.1 Å². The average Bonchev–Trinajstić information content (AvgIpc) is 2.44. The lowest BCUT2D eigenvalue weighted by molar-refractivity contribution is -0.0545. The fourth-order valence-electron chi connectivity index (χ4n) is 2.42. The van der Waals surface area contributed by atoms with Crippen molar-refractivity contribution in [1.82, 2.24) is 15.2 Å². The summed E-state index contributed by atoms with van der Waals surface area (Å²) < 4.78 is 5.63. The van der Waals surface area contributed by atoms with Gasteiger partial charge in [0, 0.05) is 39.9 Å². The molecule has 1 aliphatic rings. The molecule has 1 fully saturated rings. The molecule has 6 nitrogen and oxygen atoms in total. The molecule has 1 N–H and O–H groups in total. The van der Waals surface area contributed by atoms with E-state index in [9.17, 15) is 4.79 Å². The second kappa shape index (κ2) is 6.76. The number of hydrogen-bond acceptors (Lipinski definition) is 4. The van der Waals surface area contributed by atoms with Gasteiger partial charge in [0.1, 0.15) is 5.82 Å². The Labute approximate surface area is 126 Å². The maximum atomic E-state index is 12.2. The molecule has 0 aliphatic carbocycles. The van der Waals surface area contributed by atoms with E-state index >= 15 is 0 Å². The molecule has 2 amide bonds. The SMILES string of the molecule is CC1CN(C(=O)NCc2ccc(N(C)C)nc2)CC(C)O1. The fraction of sp³-hybridized carbons (Fsp3) is 0.600. The van der Waals surface area contributed by atoms with Gasteiger partial charge in [-0.2, -0.15) is 0 Å². The number of pyridine rings is 1. The number of morpholine rings is 1. The van der Waals surface area contributed by atoms with E-state index in [4.69, 9.17) is 4.74 Å². The van der Waals surface area contributed by atoms with Crippen LogP contribution in [-0.4, -0.2) is 55.3 Å². The molecule has 0 bridgehead atoms. The molecule has 116 valence electrons. The Morgan fingerprint density at radius 1 is 1.38 bits per heavy atom. The third kappa shape index (κ3) is 4.32. The number of amides is 2. The van der Waals surface area contributed by atoms with Crippen LogP contribution in [0.15, 0.2) is 18.3 Å². The zero-order chi connectivity index (χ0) is 15.4. The van der Waals surface area contributed by atoms with Crippen molar-refractivity contribution < 1.29 is 9.53 Å². The second-order valence-electron chi connectivity index (χ2n) is 5.74. The number of anilines is 1. The topological polar surface area (TPSA) is 57.7 Å². The van der Waals surface area contributed by atoms with E-state index in [-0.39, 0.29) is 18.2 Å². The molecular weight excluding hydrogens is 268 g/mol.